The highest BCUT2D eigenvalue weighted by molar-refractivity contribution is 7.80. The summed E-state index contributed by atoms with van der Waals surface area (Å²) in [5.41, 5.74) is 3.31. The summed E-state index contributed by atoms with van der Waals surface area (Å²) in [6, 6.07) is 16.3. The van der Waals surface area contributed by atoms with Gasteiger partial charge in [0, 0.05) is 12.7 Å². The molecule has 0 aliphatic heterocycles. The van der Waals surface area contributed by atoms with Crippen molar-refractivity contribution in [3.63, 3.8) is 0 Å². The van der Waals surface area contributed by atoms with Gasteiger partial charge in [-0.3, -0.25) is 0 Å². The first-order valence-corrected chi connectivity index (χ1v) is 7.83. The van der Waals surface area contributed by atoms with Crippen LogP contribution in [0.1, 0.15) is 5.56 Å². The fourth-order valence-electron chi connectivity index (χ4n) is 2.13. The maximum atomic E-state index is 5.36. The number of nitrogens with one attached hydrogen (secondary N) is 1. The van der Waals surface area contributed by atoms with E-state index in [1.54, 1.807) is 11.3 Å². The number of aromatic nitrogens is 1. The quantitative estimate of drug-likeness (QED) is 0.692. The number of thiazole rings is 1. The first kappa shape index (κ1) is 14.0. The second-order valence-corrected chi connectivity index (χ2v) is 6.16. The zero-order valence-electron chi connectivity index (χ0n) is 11.8. The predicted octanol–water partition coefficient (Wildman–Crippen LogP) is 3.85. The summed E-state index contributed by atoms with van der Waals surface area (Å²) in [5.74, 6) is 0. The lowest BCUT2D eigenvalue weighted by atomic mass is 10.2. The van der Waals surface area contributed by atoms with Crippen LogP contribution in [0.15, 0.2) is 53.5 Å². The minimum atomic E-state index is 0.478. The molecule has 3 aromatic rings. The molecule has 106 valence electrons. The predicted molar refractivity (Wildman–Crippen MR) is 93.8 cm³/mol. The standard InChI is InChI=1S/C16H15N3S2/c1-11-7-3-4-8-12(11)17-15(20)18-16-19(2)13-9-5-6-10-14(13)21-16/h3-10H,1-2H3,(H,17,20). The average Bonchev–Trinajstić information content (AvgIpc) is 2.78. The SMILES string of the molecule is Cc1ccccc1NC(=S)N=c1sc2ccccc2n1C. The Morgan fingerprint density at radius 1 is 1.14 bits per heavy atom. The van der Waals surface area contributed by atoms with Gasteiger partial charge in [0.25, 0.3) is 0 Å². The van der Waals surface area contributed by atoms with Crippen LogP contribution in [-0.2, 0) is 7.05 Å². The van der Waals surface area contributed by atoms with E-state index in [1.165, 1.54) is 10.2 Å². The Morgan fingerprint density at radius 2 is 1.86 bits per heavy atom. The molecule has 0 saturated heterocycles. The number of hydrogen-bond donors (Lipinski definition) is 1. The van der Waals surface area contributed by atoms with Crippen molar-refractivity contribution in [1.29, 1.82) is 0 Å². The minimum absolute atomic E-state index is 0.478. The third-order valence-corrected chi connectivity index (χ3v) is 4.60. The Kier molecular flexibility index (Phi) is 3.86. The summed E-state index contributed by atoms with van der Waals surface area (Å²) in [7, 11) is 2.01. The summed E-state index contributed by atoms with van der Waals surface area (Å²) in [6.45, 7) is 2.05. The molecule has 0 atom stereocenters. The van der Waals surface area contributed by atoms with Crippen molar-refractivity contribution in [1.82, 2.24) is 4.57 Å². The van der Waals surface area contributed by atoms with Crippen LogP contribution >= 0.6 is 23.6 Å². The lowest BCUT2D eigenvalue weighted by Crippen LogP contribution is -2.16. The van der Waals surface area contributed by atoms with Gasteiger partial charge in [0.1, 0.15) is 0 Å². The molecule has 1 heterocycles. The van der Waals surface area contributed by atoms with Crippen molar-refractivity contribution in [3.05, 3.63) is 58.9 Å². The molecule has 0 bridgehead atoms. The van der Waals surface area contributed by atoms with Gasteiger partial charge in [-0.25, -0.2) is 0 Å². The maximum absolute atomic E-state index is 5.36. The highest BCUT2D eigenvalue weighted by Gasteiger charge is 2.03. The van der Waals surface area contributed by atoms with Gasteiger partial charge in [-0.2, -0.15) is 4.99 Å². The highest BCUT2D eigenvalue weighted by Crippen LogP contribution is 2.16. The molecule has 5 heteroatoms. The Labute approximate surface area is 132 Å². The second kappa shape index (κ2) is 5.79. The molecule has 0 saturated carbocycles. The van der Waals surface area contributed by atoms with Crippen LogP contribution in [0.25, 0.3) is 10.2 Å². The van der Waals surface area contributed by atoms with Gasteiger partial charge in [0.2, 0.25) is 0 Å². The molecule has 21 heavy (non-hydrogen) atoms. The van der Waals surface area contributed by atoms with Crippen molar-refractivity contribution in [2.75, 3.05) is 5.32 Å². The number of nitrogens with zero attached hydrogens (tertiary/aromatic N) is 2. The molecule has 0 aliphatic carbocycles. The topological polar surface area (TPSA) is 29.3 Å². The van der Waals surface area contributed by atoms with Crippen molar-refractivity contribution in [2.24, 2.45) is 12.0 Å². The summed E-state index contributed by atoms with van der Waals surface area (Å²) >= 11 is 6.99. The molecule has 0 radical (unpaired) electrons. The normalized spacial score (nSPS) is 11.8. The third kappa shape index (κ3) is 2.89. The van der Waals surface area contributed by atoms with Gasteiger partial charge in [0.05, 0.1) is 10.2 Å². The molecular formula is C16H15N3S2. The first-order valence-electron chi connectivity index (χ1n) is 6.61. The largest absolute Gasteiger partial charge is 0.331 e. The van der Waals surface area contributed by atoms with Crippen LogP contribution < -0.4 is 10.1 Å². The lowest BCUT2D eigenvalue weighted by Gasteiger charge is -2.06. The molecule has 0 aliphatic rings. The molecule has 0 spiro atoms. The monoisotopic (exact) mass is 313 g/mol. The highest BCUT2D eigenvalue weighted by atomic mass is 32.1. The van der Waals surface area contributed by atoms with Crippen LogP contribution in [0, 0.1) is 6.92 Å². The fraction of sp³-hybridized carbons (Fsp3) is 0.125. The number of rotatable bonds is 1. The summed E-state index contributed by atoms with van der Waals surface area (Å²) in [6.07, 6.45) is 0. The first-order chi connectivity index (χ1) is 10.1. The van der Waals surface area contributed by atoms with Gasteiger partial charge in [-0.05, 0) is 42.9 Å². The molecule has 0 unspecified atom stereocenters. The van der Waals surface area contributed by atoms with E-state index in [-0.39, 0.29) is 0 Å². The number of benzene rings is 2. The molecule has 0 amide bonds. The van der Waals surface area contributed by atoms with Crippen molar-refractivity contribution >= 4 is 44.6 Å². The van der Waals surface area contributed by atoms with E-state index < -0.39 is 0 Å². The molecule has 2 aromatic carbocycles. The fourth-order valence-corrected chi connectivity index (χ4v) is 3.41. The molecular weight excluding hydrogens is 298 g/mol. The zero-order chi connectivity index (χ0) is 14.8. The summed E-state index contributed by atoms with van der Waals surface area (Å²) in [5, 5.41) is 3.67. The van der Waals surface area contributed by atoms with Crippen LogP contribution in [0.4, 0.5) is 5.69 Å². The Balaban J connectivity index is 1.95. The van der Waals surface area contributed by atoms with Crippen LogP contribution in [0.5, 0.6) is 0 Å². The molecule has 1 N–H and O–H groups in total. The van der Waals surface area contributed by atoms with Crippen molar-refractivity contribution in [2.45, 2.75) is 6.92 Å². The number of para-hydroxylation sites is 2. The minimum Gasteiger partial charge on any atom is -0.331 e. The molecule has 1 aromatic heterocycles. The Morgan fingerprint density at radius 3 is 2.62 bits per heavy atom. The Hall–Kier alpha value is -1.98. The number of aryl methyl sites for hydroxylation is 2. The summed E-state index contributed by atoms with van der Waals surface area (Å²) < 4.78 is 3.27. The van der Waals surface area contributed by atoms with E-state index in [9.17, 15) is 0 Å². The number of hydrogen-bond acceptors (Lipinski definition) is 2. The molecule has 3 nitrogen and oxygen atoms in total. The number of fused-ring (bicyclic) bond motifs is 1. The zero-order valence-corrected chi connectivity index (χ0v) is 13.5. The van der Waals surface area contributed by atoms with E-state index in [2.05, 4.69) is 27.0 Å². The third-order valence-electron chi connectivity index (χ3n) is 3.30. The maximum Gasteiger partial charge on any atom is 0.199 e. The van der Waals surface area contributed by atoms with E-state index in [0.717, 1.165) is 16.1 Å². The summed E-state index contributed by atoms with van der Waals surface area (Å²) in [4.78, 5) is 5.43. The van der Waals surface area contributed by atoms with Crippen LogP contribution in [0.3, 0.4) is 0 Å². The van der Waals surface area contributed by atoms with Gasteiger partial charge >= 0.3 is 0 Å². The number of anilines is 1. The van der Waals surface area contributed by atoms with Gasteiger partial charge in [-0.1, -0.05) is 41.7 Å². The van der Waals surface area contributed by atoms with E-state index in [0.29, 0.717) is 5.11 Å². The smallest absolute Gasteiger partial charge is 0.199 e. The second-order valence-electron chi connectivity index (χ2n) is 4.77. The van der Waals surface area contributed by atoms with E-state index >= 15 is 0 Å². The van der Waals surface area contributed by atoms with Gasteiger partial charge in [0.15, 0.2) is 9.91 Å². The average molecular weight is 313 g/mol. The van der Waals surface area contributed by atoms with Crippen LogP contribution in [-0.4, -0.2) is 9.68 Å². The van der Waals surface area contributed by atoms with Crippen molar-refractivity contribution < 1.29 is 0 Å². The van der Waals surface area contributed by atoms with E-state index in [1.807, 2.05) is 50.4 Å². The van der Waals surface area contributed by atoms with Crippen molar-refractivity contribution in [3.8, 4) is 0 Å². The lowest BCUT2D eigenvalue weighted by molar-refractivity contribution is 0.917. The molecule has 3 rings (SSSR count). The van der Waals surface area contributed by atoms with Gasteiger partial charge in [-0.15, -0.1) is 0 Å². The van der Waals surface area contributed by atoms with E-state index in [4.69, 9.17) is 12.2 Å². The van der Waals surface area contributed by atoms with Gasteiger partial charge < -0.3 is 9.88 Å². The molecule has 0 fully saturated rings. The number of thiocarbonyl (C=S) groups is 1. The Bertz CT molecular complexity index is 874. The van der Waals surface area contributed by atoms with Crippen LogP contribution in [0.2, 0.25) is 0 Å².